The highest BCUT2D eigenvalue weighted by Crippen LogP contribution is 2.21. The number of benzene rings is 2. The highest BCUT2D eigenvalue weighted by molar-refractivity contribution is 7.99. The molecule has 1 aromatic heterocycles. The smallest absolute Gasteiger partial charge is 0.230 e. The molecule has 0 saturated heterocycles. The maximum atomic E-state index is 12.1. The number of aromatic nitrogens is 4. The highest BCUT2D eigenvalue weighted by atomic mass is 35.5. The first kappa shape index (κ1) is 18.7. The average Bonchev–Trinajstić information content (AvgIpc) is 3.11. The molecule has 0 aliphatic carbocycles. The second kappa shape index (κ2) is 9.02. The number of nitrogens with one attached hydrogen (secondary N) is 1. The van der Waals surface area contributed by atoms with E-state index in [9.17, 15) is 4.79 Å². The van der Waals surface area contributed by atoms with Gasteiger partial charge in [0.2, 0.25) is 11.1 Å². The summed E-state index contributed by atoms with van der Waals surface area (Å²) in [5.41, 5.74) is 1.79. The Morgan fingerprint density at radius 2 is 1.96 bits per heavy atom. The lowest BCUT2D eigenvalue weighted by Crippen LogP contribution is -2.27. The van der Waals surface area contributed by atoms with Crippen molar-refractivity contribution in [3.8, 4) is 5.69 Å². The van der Waals surface area contributed by atoms with Crippen LogP contribution in [0.1, 0.15) is 5.56 Å². The molecule has 134 valence electrons. The number of tetrazole rings is 1. The van der Waals surface area contributed by atoms with Gasteiger partial charge in [0.15, 0.2) is 0 Å². The van der Waals surface area contributed by atoms with Crippen molar-refractivity contribution in [2.75, 3.05) is 12.3 Å². The number of amides is 1. The standard InChI is InChI=1S/C17H15Cl2N5OS/c18-13-7-6-12(15(19)10-13)8-9-20-16(25)11-26-17-21-22-23-24(17)14-4-2-1-3-5-14/h1-7,10H,8-9,11H2,(H,20,25). The van der Waals surface area contributed by atoms with Crippen LogP contribution in [0.4, 0.5) is 0 Å². The van der Waals surface area contributed by atoms with Crippen LogP contribution in [0.15, 0.2) is 53.7 Å². The van der Waals surface area contributed by atoms with Crippen molar-refractivity contribution in [3.63, 3.8) is 0 Å². The van der Waals surface area contributed by atoms with E-state index < -0.39 is 0 Å². The van der Waals surface area contributed by atoms with Gasteiger partial charge in [0.25, 0.3) is 0 Å². The molecule has 1 N–H and O–H groups in total. The minimum Gasteiger partial charge on any atom is -0.355 e. The summed E-state index contributed by atoms with van der Waals surface area (Å²) in [5.74, 6) is 0.129. The normalized spacial score (nSPS) is 10.7. The summed E-state index contributed by atoms with van der Waals surface area (Å²) in [6.45, 7) is 0.490. The molecule has 1 heterocycles. The van der Waals surface area contributed by atoms with E-state index in [0.717, 1.165) is 11.3 Å². The van der Waals surface area contributed by atoms with E-state index in [1.54, 1.807) is 16.8 Å². The first-order valence-electron chi connectivity index (χ1n) is 7.81. The van der Waals surface area contributed by atoms with Gasteiger partial charge in [0, 0.05) is 16.6 Å². The largest absolute Gasteiger partial charge is 0.355 e. The van der Waals surface area contributed by atoms with Gasteiger partial charge >= 0.3 is 0 Å². The first-order valence-corrected chi connectivity index (χ1v) is 9.55. The lowest BCUT2D eigenvalue weighted by molar-refractivity contribution is -0.118. The Kier molecular flexibility index (Phi) is 6.49. The van der Waals surface area contributed by atoms with Gasteiger partial charge in [-0.25, -0.2) is 0 Å². The topological polar surface area (TPSA) is 72.7 Å². The SMILES string of the molecule is O=C(CSc1nnnn1-c1ccccc1)NCCc1ccc(Cl)cc1Cl. The molecule has 6 nitrogen and oxygen atoms in total. The lowest BCUT2D eigenvalue weighted by atomic mass is 10.1. The van der Waals surface area contributed by atoms with Crippen molar-refractivity contribution in [3.05, 3.63) is 64.1 Å². The Hall–Kier alpha value is -2.09. The van der Waals surface area contributed by atoms with Crippen molar-refractivity contribution in [2.24, 2.45) is 0 Å². The fourth-order valence-corrected chi connectivity index (χ4v) is 3.47. The van der Waals surface area contributed by atoms with Crippen molar-refractivity contribution in [1.29, 1.82) is 0 Å². The van der Waals surface area contributed by atoms with Gasteiger partial charge in [0.1, 0.15) is 0 Å². The van der Waals surface area contributed by atoms with Gasteiger partial charge in [-0.2, -0.15) is 4.68 Å². The predicted molar refractivity (Wildman–Crippen MR) is 103 cm³/mol. The third kappa shape index (κ3) is 4.97. The average molecular weight is 408 g/mol. The van der Waals surface area contributed by atoms with Gasteiger partial charge in [0.05, 0.1) is 11.4 Å². The van der Waals surface area contributed by atoms with Crippen LogP contribution in [0.5, 0.6) is 0 Å². The fourth-order valence-electron chi connectivity index (χ4n) is 2.24. The van der Waals surface area contributed by atoms with Crippen LogP contribution < -0.4 is 5.32 Å². The number of carbonyl (C=O) groups is 1. The molecule has 0 aliphatic rings. The number of hydrogen-bond donors (Lipinski definition) is 1. The van der Waals surface area contributed by atoms with E-state index in [4.69, 9.17) is 23.2 Å². The van der Waals surface area contributed by atoms with E-state index in [-0.39, 0.29) is 11.7 Å². The molecular formula is C17H15Cl2N5OS. The fraction of sp³-hybridized carbons (Fsp3) is 0.176. The molecule has 0 fully saturated rings. The Bertz CT molecular complexity index is 888. The molecule has 0 aliphatic heterocycles. The van der Waals surface area contributed by atoms with E-state index in [1.807, 2.05) is 36.4 Å². The molecule has 0 radical (unpaired) electrons. The molecule has 0 atom stereocenters. The molecular weight excluding hydrogens is 393 g/mol. The zero-order valence-electron chi connectivity index (χ0n) is 13.6. The quantitative estimate of drug-likeness (QED) is 0.607. The van der Waals surface area contributed by atoms with Crippen LogP contribution in [-0.2, 0) is 11.2 Å². The minimum absolute atomic E-state index is 0.0947. The van der Waals surface area contributed by atoms with Crippen molar-refractivity contribution >= 4 is 40.9 Å². The van der Waals surface area contributed by atoms with Gasteiger partial charge in [-0.15, -0.1) is 5.10 Å². The summed E-state index contributed by atoms with van der Waals surface area (Å²) in [4.78, 5) is 12.1. The summed E-state index contributed by atoms with van der Waals surface area (Å²) in [6, 6.07) is 14.9. The van der Waals surface area contributed by atoms with Crippen LogP contribution in [-0.4, -0.2) is 38.4 Å². The first-order chi connectivity index (χ1) is 12.6. The summed E-state index contributed by atoms with van der Waals surface area (Å²) >= 11 is 13.3. The molecule has 0 saturated carbocycles. The van der Waals surface area contributed by atoms with E-state index in [2.05, 4.69) is 20.8 Å². The van der Waals surface area contributed by atoms with E-state index >= 15 is 0 Å². The molecule has 2 aromatic carbocycles. The summed E-state index contributed by atoms with van der Waals surface area (Å²) < 4.78 is 1.60. The van der Waals surface area contributed by atoms with Crippen molar-refractivity contribution in [2.45, 2.75) is 11.6 Å². The molecule has 0 spiro atoms. The maximum Gasteiger partial charge on any atom is 0.230 e. The zero-order chi connectivity index (χ0) is 18.4. The molecule has 3 rings (SSSR count). The molecule has 9 heteroatoms. The number of hydrogen-bond acceptors (Lipinski definition) is 5. The minimum atomic E-state index is -0.0947. The zero-order valence-corrected chi connectivity index (χ0v) is 15.9. The summed E-state index contributed by atoms with van der Waals surface area (Å²) in [6.07, 6.45) is 0.633. The van der Waals surface area contributed by atoms with Crippen LogP contribution >= 0.6 is 35.0 Å². The number of rotatable bonds is 7. The third-order valence-corrected chi connectivity index (χ3v) is 5.01. The second-order valence-electron chi connectivity index (χ2n) is 5.33. The van der Waals surface area contributed by atoms with Crippen molar-refractivity contribution < 1.29 is 4.79 Å². The predicted octanol–water partition coefficient (Wildman–Crippen LogP) is 3.42. The maximum absolute atomic E-state index is 12.1. The van der Waals surface area contributed by atoms with E-state index in [1.165, 1.54) is 11.8 Å². The Balaban J connectivity index is 1.48. The third-order valence-electron chi connectivity index (χ3n) is 3.51. The van der Waals surface area contributed by atoms with Crippen molar-refractivity contribution in [1.82, 2.24) is 25.5 Å². The molecule has 26 heavy (non-hydrogen) atoms. The summed E-state index contributed by atoms with van der Waals surface area (Å²) in [7, 11) is 0. The number of carbonyl (C=O) groups excluding carboxylic acids is 1. The number of halogens is 2. The highest BCUT2D eigenvalue weighted by Gasteiger charge is 2.11. The number of nitrogens with zero attached hydrogens (tertiary/aromatic N) is 4. The van der Waals surface area contributed by atoms with Gasteiger partial charge in [-0.1, -0.05) is 59.2 Å². The Morgan fingerprint density at radius 3 is 2.73 bits per heavy atom. The lowest BCUT2D eigenvalue weighted by Gasteiger charge is -2.07. The van der Waals surface area contributed by atoms with Crippen LogP contribution in [0, 0.1) is 0 Å². The summed E-state index contributed by atoms with van der Waals surface area (Å²) in [5, 5.41) is 16.2. The van der Waals surface area contributed by atoms with Crippen LogP contribution in [0.2, 0.25) is 10.0 Å². The number of thioether (sulfide) groups is 1. The Morgan fingerprint density at radius 1 is 1.15 bits per heavy atom. The Labute approximate surface area is 164 Å². The molecule has 3 aromatic rings. The van der Waals surface area contributed by atoms with E-state index in [0.29, 0.717) is 28.2 Å². The van der Waals surface area contributed by atoms with Gasteiger partial charge in [-0.05, 0) is 46.7 Å². The monoisotopic (exact) mass is 407 g/mol. The van der Waals surface area contributed by atoms with Gasteiger partial charge < -0.3 is 5.32 Å². The molecule has 1 amide bonds. The number of para-hydroxylation sites is 1. The van der Waals surface area contributed by atoms with Gasteiger partial charge in [-0.3, -0.25) is 4.79 Å². The van der Waals surface area contributed by atoms with Crippen LogP contribution in [0.3, 0.4) is 0 Å². The molecule has 0 unspecified atom stereocenters. The van der Waals surface area contributed by atoms with Crippen LogP contribution in [0.25, 0.3) is 5.69 Å². The molecule has 0 bridgehead atoms. The second-order valence-corrected chi connectivity index (χ2v) is 7.12.